The van der Waals surface area contributed by atoms with Crippen molar-refractivity contribution in [2.75, 3.05) is 89.9 Å². The summed E-state index contributed by atoms with van der Waals surface area (Å²) in [6.07, 6.45) is 1.23. The monoisotopic (exact) mass is 527 g/mol. The molecule has 2 aromatic rings. The first-order valence-electron chi connectivity index (χ1n) is 12.9. The lowest BCUT2D eigenvalue weighted by atomic mass is 10.1. The Hall–Kier alpha value is -3.48. The van der Waals surface area contributed by atoms with Gasteiger partial charge in [-0.15, -0.1) is 0 Å². The third kappa shape index (κ3) is 8.01. The van der Waals surface area contributed by atoms with Gasteiger partial charge in [-0.3, -0.25) is 9.80 Å². The molecule has 2 saturated heterocycles. The molecule has 4 rings (SSSR count). The van der Waals surface area contributed by atoms with Gasteiger partial charge < -0.3 is 29.7 Å². The van der Waals surface area contributed by atoms with Crippen molar-refractivity contribution in [3.8, 4) is 5.75 Å². The standard InChI is InChI=1S/C26H37N7O5/c1-30(2)26(36)38-21-5-3-20(4-6-21)17-22(25(34)35)29-23-18-24(28-19-27-23)33-11-9-31(10-12-33)7-8-32-13-15-37-16-14-32/h3-6,18-19,22H,7-17H2,1-2H3,(H,34,35)(H,27,28,29)/t22-/m0/s1. The lowest BCUT2D eigenvalue weighted by Crippen LogP contribution is -2.49. The number of hydrogen-bond donors (Lipinski definition) is 2. The second-order valence-electron chi connectivity index (χ2n) is 9.69. The van der Waals surface area contributed by atoms with Gasteiger partial charge in [-0.05, 0) is 17.7 Å². The largest absolute Gasteiger partial charge is 0.480 e. The van der Waals surface area contributed by atoms with E-state index in [1.807, 2.05) is 6.07 Å². The molecule has 3 heterocycles. The Bertz CT molecular complexity index is 1050. The lowest BCUT2D eigenvalue weighted by Gasteiger charge is -2.37. The molecule has 0 aliphatic carbocycles. The summed E-state index contributed by atoms with van der Waals surface area (Å²) in [5.41, 5.74) is 0.789. The van der Waals surface area contributed by atoms with E-state index in [4.69, 9.17) is 9.47 Å². The van der Waals surface area contributed by atoms with Crippen LogP contribution in [0.25, 0.3) is 0 Å². The van der Waals surface area contributed by atoms with Crippen molar-refractivity contribution in [2.45, 2.75) is 12.5 Å². The van der Waals surface area contributed by atoms with E-state index in [0.717, 1.165) is 77.0 Å². The molecule has 12 heteroatoms. The molecule has 0 unspecified atom stereocenters. The zero-order valence-electron chi connectivity index (χ0n) is 22.1. The van der Waals surface area contributed by atoms with Crippen LogP contribution < -0.4 is 15.0 Å². The summed E-state index contributed by atoms with van der Waals surface area (Å²) >= 11 is 0. The zero-order valence-corrected chi connectivity index (χ0v) is 22.1. The minimum absolute atomic E-state index is 0.235. The molecule has 2 fully saturated rings. The molecule has 0 radical (unpaired) electrons. The van der Waals surface area contributed by atoms with Crippen LogP contribution in [0.5, 0.6) is 5.75 Å². The predicted molar refractivity (Wildman–Crippen MR) is 143 cm³/mol. The van der Waals surface area contributed by atoms with Gasteiger partial charge in [-0.25, -0.2) is 19.6 Å². The van der Waals surface area contributed by atoms with Crippen molar-refractivity contribution in [3.05, 3.63) is 42.2 Å². The Labute approximate surface area is 223 Å². The van der Waals surface area contributed by atoms with E-state index < -0.39 is 18.1 Å². The molecule has 38 heavy (non-hydrogen) atoms. The number of rotatable bonds is 10. The van der Waals surface area contributed by atoms with E-state index in [1.165, 1.54) is 11.2 Å². The highest BCUT2D eigenvalue weighted by Crippen LogP contribution is 2.19. The summed E-state index contributed by atoms with van der Waals surface area (Å²) in [5.74, 6) is 0.663. The van der Waals surface area contributed by atoms with Gasteiger partial charge in [0, 0.05) is 78.9 Å². The number of benzene rings is 1. The molecule has 2 aliphatic heterocycles. The summed E-state index contributed by atoms with van der Waals surface area (Å²) in [7, 11) is 3.21. The van der Waals surface area contributed by atoms with Gasteiger partial charge in [0.05, 0.1) is 13.2 Å². The van der Waals surface area contributed by atoms with Gasteiger partial charge >= 0.3 is 12.1 Å². The minimum Gasteiger partial charge on any atom is -0.480 e. The first-order valence-corrected chi connectivity index (χ1v) is 12.9. The number of hydrogen-bond acceptors (Lipinski definition) is 10. The van der Waals surface area contributed by atoms with Crippen LogP contribution in [0.15, 0.2) is 36.7 Å². The number of carbonyl (C=O) groups excluding carboxylic acids is 1. The van der Waals surface area contributed by atoms with E-state index in [-0.39, 0.29) is 6.42 Å². The SMILES string of the molecule is CN(C)C(=O)Oc1ccc(C[C@H](Nc2cc(N3CCN(CCN4CCOCC4)CC3)ncn2)C(=O)O)cc1. The van der Waals surface area contributed by atoms with E-state index in [9.17, 15) is 14.7 Å². The van der Waals surface area contributed by atoms with Crippen molar-refractivity contribution < 1.29 is 24.2 Å². The van der Waals surface area contributed by atoms with Crippen molar-refractivity contribution in [3.63, 3.8) is 0 Å². The summed E-state index contributed by atoms with van der Waals surface area (Å²) in [6.45, 7) is 9.37. The molecule has 1 aromatic heterocycles. The molecule has 0 saturated carbocycles. The van der Waals surface area contributed by atoms with Crippen LogP contribution in [0.4, 0.5) is 16.4 Å². The molecule has 1 amide bonds. The highest BCUT2D eigenvalue weighted by molar-refractivity contribution is 5.77. The van der Waals surface area contributed by atoms with Crippen molar-refractivity contribution in [2.24, 2.45) is 0 Å². The first-order chi connectivity index (χ1) is 18.4. The fourth-order valence-electron chi connectivity index (χ4n) is 4.41. The van der Waals surface area contributed by atoms with Gasteiger partial charge in [0.1, 0.15) is 29.8 Å². The Morgan fingerprint density at radius 3 is 2.32 bits per heavy atom. The number of morpholine rings is 1. The molecule has 206 valence electrons. The van der Waals surface area contributed by atoms with Crippen LogP contribution >= 0.6 is 0 Å². The number of amides is 1. The van der Waals surface area contributed by atoms with E-state index in [0.29, 0.717) is 11.6 Å². The molecule has 2 aliphatic rings. The van der Waals surface area contributed by atoms with Gasteiger partial charge in [0.2, 0.25) is 0 Å². The van der Waals surface area contributed by atoms with Crippen LogP contribution in [0.3, 0.4) is 0 Å². The quantitative estimate of drug-likeness (QED) is 0.462. The number of carboxylic acids is 1. The first kappa shape index (κ1) is 27.6. The van der Waals surface area contributed by atoms with Gasteiger partial charge in [-0.1, -0.05) is 12.1 Å². The Kier molecular flexibility index (Phi) is 9.68. The minimum atomic E-state index is -0.984. The molecule has 1 atom stereocenters. The Morgan fingerprint density at radius 2 is 1.68 bits per heavy atom. The second kappa shape index (κ2) is 13.4. The summed E-state index contributed by atoms with van der Waals surface area (Å²) < 4.78 is 10.6. The van der Waals surface area contributed by atoms with Gasteiger partial charge in [0.15, 0.2) is 0 Å². The number of nitrogens with zero attached hydrogens (tertiary/aromatic N) is 6. The fraction of sp³-hybridized carbons (Fsp3) is 0.538. The van der Waals surface area contributed by atoms with Crippen LogP contribution in [0, 0.1) is 0 Å². The molecular formula is C26H37N7O5. The lowest BCUT2D eigenvalue weighted by molar-refractivity contribution is -0.137. The second-order valence-corrected chi connectivity index (χ2v) is 9.69. The normalized spacial score (nSPS) is 17.6. The number of piperazine rings is 1. The van der Waals surface area contributed by atoms with Crippen LogP contribution in [-0.4, -0.2) is 128 Å². The maximum Gasteiger partial charge on any atom is 0.414 e. The average molecular weight is 528 g/mol. The summed E-state index contributed by atoms with van der Waals surface area (Å²) in [5, 5.41) is 12.9. The number of nitrogens with one attached hydrogen (secondary N) is 1. The predicted octanol–water partition coefficient (Wildman–Crippen LogP) is 1.10. The average Bonchev–Trinajstić information content (AvgIpc) is 2.93. The molecule has 12 nitrogen and oxygen atoms in total. The summed E-state index contributed by atoms with van der Waals surface area (Å²) in [6, 6.07) is 7.73. The third-order valence-electron chi connectivity index (χ3n) is 6.74. The smallest absolute Gasteiger partial charge is 0.414 e. The van der Waals surface area contributed by atoms with Gasteiger partial charge in [0.25, 0.3) is 0 Å². The Morgan fingerprint density at radius 1 is 1.03 bits per heavy atom. The van der Waals surface area contributed by atoms with E-state index in [2.05, 4.69) is 30.0 Å². The number of aliphatic carboxylic acids is 1. The molecule has 1 aromatic carbocycles. The van der Waals surface area contributed by atoms with Crippen LogP contribution in [-0.2, 0) is 16.0 Å². The molecule has 0 bridgehead atoms. The highest BCUT2D eigenvalue weighted by Gasteiger charge is 2.22. The van der Waals surface area contributed by atoms with E-state index in [1.54, 1.807) is 38.4 Å². The topological polar surface area (TPSA) is 124 Å². The molecule has 2 N–H and O–H groups in total. The van der Waals surface area contributed by atoms with Crippen molar-refractivity contribution in [1.82, 2.24) is 24.7 Å². The van der Waals surface area contributed by atoms with Crippen LogP contribution in [0.1, 0.15) is 5.56 Å². The highest BCUT2D eigenvalue weighted by atomic mass is 16.6. The molecular weight excluding hydrogens is 490 g/mol. The van der Waals surface area contributed by atoms with Gasteiger partial charge in [-0.2, -0.15) is 0 Å². The molecule has 0 spiro atoms. The maximum absolute atomic E-state index is 12.0. The van der Waals surface area contributed by atoms with Crippen molar-refractivity contribution >= 4 is 23.7 Å². The summed E-state index contributed by atoms with van der Waals surface area (Å²) in [4.78, 5) is 40.8. The zero-order chi connectivity index (χ0) is 26.9. The van der Waals surface area contributed by atoms with E-state index >= 15 is 0 Å². The third-order valence-corrected chi connectivity index (χ3v) is 6.74. The van der Waals surface area contributed by atoms with Crippen LogP contribution in [0.2, 0.25) is 0 Å². The number of anilines is 2. The number of carboxylic acid groups (broad SMARTS) is 1. The maximum atomic E-state index is 12.0. The van der Waals surface area contributed by atoms with Crippen molar-refractivity contribution in [1.29, 1.82) is 0 Å². The number of carbonyl (C=O) groups is 2. The number of aromatic nitrogens is 2. The fourth-order valence-corrected chi connectivity index (χ4v) is 4.41. The number of ether oxygens (including phenoxy) is 2. The Balaban J connectivity index is 1.29.